The molecule has 0 aromatic heterocycles. The number of benzene rings is 1. The predicted octanol–water partition coefficient (Wildman–Crippen LogP) is 2.52. The smallest absolute Gasteiger partial charge is 0.163 e. The molecule has 0 atom stereocenters. The number of Topliss-reactive ketones (excluding diaryl/α,β-unsaturated/α-hetero) is 1. The highest BCUT2D eigenvalue weighted by Crippen LogP contribution is 2.21. The molecule has 0 spiro atoms. The highest BCUT2D eigenvalue weighted by molar-refractivity contribution is 5.97. The topological polar surface area (TPSA) is 61.6 Å². The van der Waals surface area contributed by atoms with Crippen molar-refractivity contribution in [2.24, 2.45) is 5.92 Å². The fraction of sp³-hybridized carbons (Fsp3) is 0.500. The monoisotopic (exact) mass is 251 g/mol. The molecule has 0 aliphatic heterocycles. The van der Waals surface area contributed by atoms with E-state index in [1.165, 1.54) is 6.92 Å². The van der Waals surface area contributed by atoms with Gasteiger partial charge < -0.3 is 15.2 Å². The SMILES string of the molecule is CC(=O)c1cc(N)ccc1OCCOCC(C)C. The van der Waals surface area contributed by atoms with E-state index in [4.69, 9.17) is 15.2 Å². The van der Waals surface area contributed by atoms with E-state index in [9.17, 15) is 4.79 Å². The second kappa shape index (κ2) is 7.01. The number of nitrogens with two attached hydrogens (primary N) is 1. The van der Waals surface area contributed by atoms with Crippen LogP contribution in [0.4, 0.5) is 5.69 Å². The van der Waals surface area contributed by atoms with Crippen LogP contribution in [0.15, 0.2) is 18.2 Å². The summed E-state index contributed by atoms with van der Waals surface area (Å²) in [5, 5.41) is 0. The van der Waals surface area contributed by atoms with Crippen LogP contribution in [0.3, 0.4) is 0 Å². The number of hydrogen-bond donors (Lipinski definition) is 1. The number of carbonyl (C=O) groups is 1. The van der Waals surface area contributed by atoms with Crippen LogP contribution in [0.1, 0.15) is 31.1 Å². The van der Waals surface area contributed by atoms with E-state index >= 15 is 0 Å². The Morgan fingerprint density at radius 2 is 2.06 bits per heavy atom. The number of hydrogen-bond acceptors (Lipinski definition) is 4. The van der Waals surface area contributed by atoms with E-state index in [1.807, 2.05) is 0 Å². The van der Waals surface area contributed by atoms with Crippen molar-refractivity contribution in [1.29, 1.82) is 0 Å². The third-order valence-corrected chi connectivity index (χ3v) is 2.32. The normalized spacial score (nSPS) is 10.7. The number of carbonyl (C=O) groups excluding carboxylic acids is 1. The standard InChI is InChI=1S/C14H21NO3/c1-10(2)9-17-6-7-18-14-5-4-12(15)8-13(14)11(3)16/h4-5,8,10H,6-7,9,15H2,1-3H3. The van der Waals surface area contributed by atoms with Crippen molar-refractivity contribution in [2.75, 3.05) is 25.6 Å². The summed E-state index contributed by atoms with van der Waals surface area (Å²) >= 11 is 0. The molecule has 1 rings (SSSR count). The number of ketones is 1. The Labute approximate surface area is 108 Å². The van der Waals surface area contributed by atoms with Crippen LogP contribution < -0.4 is 10.5 Å². The molecule has 100 valence electrons. The molecule has 18 heavy (non-hydrogen) atoms. The van der Waals surface area contributed by atoms with Crippen molar-refractivity contribution in [3.8, 4) is 5.75 Å². The Bertz CT molecular complexity index is 402. The van der Waals surface area contributed by atoms with Crippen molar-refractivity contribution in [3.05, 3.63) is 23.8 Å². The van der Waals surface area contributed by atoms with Gasteiger partial charge in [-0.3, -0.25) is 4.79 Å². The molecular weight excluding hydrogens is 230 g/mol. The summed E-state index contributed by atoms with van der Waals surface area (Å²) in [6, 6.07) is 5.07. The number of anilines is 1. The first kappa shape index (κ1) is 14.5. The lowest BCUT2D eigenvalue weighted by Gasteiger charge is -2.11. The van der Waals surface area contributed by atoms with E-state index < -0.39 is 0 Å². The minimum atomic E-state index is -0.0552. The van der Waals surface area contributed by atoms with Gasteiger partial charge >= 0.3 is 0 Å². The second-order valence-corrected chi connectivity index (χ2v) is 4.63. The summed E-state index contributed by atoms with van der Waals surface area (Å²) in [7, 11) is 0. The highest BCUT2D eigenvalue weighted by atomic mass is 16.5. The van der Waals surface area contributed by atoms with Crippen molar-refractivity contribution in [1.82, 2.24) is 0 Å². The van der Waals surface area contributed by atoms with Crippen molar-refractivity contribution < 1.29 is 14.3 Å². The third kappa shape index (κ3) is 4.75. The van der Waals surface area contributed by atoms with Crippen LogP contribution in [0.5, 0.6) is 5.75 Å². The van der Waals surface area contributed by atoms with E-state index in [0.29, 0.717) is 42.7 Å². The molecule has 1 aromatic carbocycles. The molecule has 0 saturated heterocycles. The quantitative estimate of drug-likeness (QED) is 0.459. The molecule has 4 nitrogen and oxygen atoms in total. The van der Waals surface area contributed by atoms with Crippen LogP contribution in [0, 0.1) is 5.92 Å². The first-order chi connectivity index (χ1) is 8.50. The zero-order chi connectivity index (χ0) is 13.5. The van der Waals surface area contributed by atoms with Crippen molar-refractivity contribution in [3.63, 3.8) is 0 Å². The molecule has 0 amide bonds. The number of nitrogen functional groups attached to an aromatic ring is 1. The zero-order valence-corrected chi connectivity index (χ0v) is 11.2. The maximum Gasteiger partial charge on any atom is 0.163 e. The minimum absolute atomic E-state index is 0.0552. The van der Waals surface area contributed by atoms with Crippen LogP contribution in [-0.2, 0) is 4.74 Å². The van der Waals surface area contributed by atoms with Gasteiger partial charge in [-0.15, -0.1) is 0 Å². The van der Waals surface area contributed by atoms with Gasteiger partial charge in [0.25, 0.3) is 0 Å². The van der Waals surface area contributed by atoms with Crippen LogP contribution in [-0.4, -0.2) is 25.6 Å². The lowest BCUT2D eigenvalue weighted by molar-refractivity contribution is 0.0810. The molecular formula is C14H21NO3. The van der Waals surface area contributed by atoms with E-state index in [1.54, 1.807) is 18.2 Å². The van der Waals surface area contributed by atoms with Crippen molar-refractivity contribution >= 4 is 11.5 Å². The maximum atomic E-state index is 11.4. The van der Waals surface area contributed by atoms with Gasteiger partial charge in [0.05, 0.1) is 12.2 Å². The molecule has 0 saturated carbocycles. The fourth-order valence-electron chi connectivity index (χ4n) is 1.48. The Morgan fingerprint density at radius 1 is 1.33 bits per heavy atom. The fourth-order valence-corrected chi connectivity index (χ4v) is 1.48. The van der Waals surface area contributed by atoms with E-state index in [0.717, 1.165) is 0 Å². The van der Waals surface area contributed by atoms with Gasteiger partial charge in [-0.2, -0.15) is 0 Å². The molecule has 0 bridgehead atoms. The minimum Gasteiger partial charge on any atom is -0.490 e. The Morgan fingerprint density at radius 3 is 2.67 bits per heavy atom. The molecule has 2 N–H and O–H groups in total. The lowest BCUT2D eigenvalue weighted by atomic mass is 10.1. The summed E-state index contributed by atoms with van der Waals surface area (Å²) in [5.74, 6) is 1.01. The molecule has 0 aliphatic rings. The van der Waals surface area contributed by atoms with Gasteiger partial charge in [-0.1, -0.05) is 13.8 Å². The average molecular weight is 251 g/mol. The summed E-state index contributed by atoms with van der Waals surface area (Å²) in [6.07, 6.45) is 0. The molecule has 0 heterocycles. The summed E-state index contributed by atoms with van der Waals surface area (Å²) in [5.41, 5.74) is 6.71. The zero-order valence-electron chi connectivity index (χ0n) is 11.2. The van der Waals surface area contributed by atoms with E-state index in [-0.39, 0.29) is 5.78 Å². The molecule has 4 heteroatoms. The van der Waals surface area contributed by atoms with Gasteiger partial charge in [0.2, 0.25) is 0 Å². The van der Waals surface area contributed by atoms with Gasteiger partial charge in [-0.25, -0.2) is 0 Å². The maximum absolute atomic E-state index is 11.4. The van der Waals surface area contributed by atoms with Crippen molar-refractivity contribution in [2.45, 2.75) is 20.8 Å². The summed E-state index contributed by atoms with van der Waals surface area (Å²) in [6.45, 7) is 7.34. The van der Waals surface area contributed by atoms with Gasteiger partial charge in [0, 0.05) is 12.3 Å². The predicted molar refractivity (Wildman–Crippen MR) is 72.0 cm³/mol. The largest absolute Gasteiger partial charge is 0.490 e. The second-order valence-electron chi connectivity index (χ2n) is 4.63. The van der Waals surface area contributed by atoms with E-state index in [2.05, 4.69) is 13.8 Å². The number of rotatable bonds is 7. The van der Waals surface area contributed by atoms with Crippen LogP contribution in [0.25, 0.3) is 0 Å². The third-order valence-electron chi connectivity index (χ3n) is 2.32. The Hall–Kier alpha value is -1.55. The Balaban J connectivity index is 2.49. The molecule has 0 aliphatic carbocycles. The lowest BCUT2D eigenvalue weighted by Crippen LogP contribution is -2.11. The van der Waals surface area contributed by atoms with Gasteiger partial charge in [0.15, 0.2) is 5.78 Å². The van der Waals surface area contributed by atoms with Gasteiger partial charge in [-0.05, 0) is 31.0 Å². The average Bonchev–Trinajstić information content (AvgIpc) is 2.29. The molecule has 0 fully saturated rings. The summed E-state index contributed by atoms with van der Waals surface area (Å²) in [4.78, 5) is 11.4. The first-order valence-corrected chi connectivity index (χ1v) is 6.11. The Kier molecular flexibility index (Phi) is 5.65. The first-order valence-electron chi connectivity index (χ1n) is 6.11. The molecule has 0 unspecified atom stereocenters. The molecule has 0 radical (unpaired) electrons. The van der Waals surface area contributed by atoms with Gasteiger partial charge in [0.1, 0.15) is 12.4 Å². The summed E-state index contributed by atoms with van der Waals surface area (Å²) < 4.78 is 10.9. The highest BCUT2D eigenvalue weighted by Gasteiger charge is 2.08. The van der Waals surface area contributed by atoms with Crippen LogP contribution in [0.2, 0.25) is 0 Å². The number of ether oxygens (including phenoxy) is 2. The van der Waals surface area contributed by atoms with Crippen LogP contribution >= 0.6 is 0 Å². The molecule has 1 aromatic rings.